The van der Waals surface area contributed by atoms with Crippen molar-refractivity contribution < 1.29 is 4.52 Å². The van der Waals surface area contributed by atoms with Crippen LogP contribution >= 0.6 is 34.5 Å². The Bertz CT molecular complexity index is 773. The third kappa shape index (κ3) is 3.06. The molecule has 6 nitrogen and oxygen atoms in total. The minimum absolute atomic E-state index is 0.292. The molecule has 0 radical (unpaired) electrons. The molecule has 3 rings (SSSR count). The SMILES string of the molecule is NCCc1nc(-c2nc(-c3ncc(Cl)cc3Cl)no2)cs1. The smallest absolute Gasteiger partial charge is 0.277 e. The predicted molar refractivity (Wildman–Crippen MR) is 81.4 cm³/mol. The van der Waals surface area contributed by atoms with Crippen LogP contribution in [0.25, 0.3) is 23.1 Å². The number of hydrogen-bond donors (Lipinski definition) is 1. The van der Waals surface area contributed by atoms with Gasteiger partial charge in [0.05, 0.1) is 15.1 Å². The van der Waals surface area contributed by atoms with Crippen LogP contribution in [0.15, 0.2) is 22.2 Å². The zero-order chi connectivity index (χ0) is 14.8. The van der Waals surface area contributed by atoms with E-state index < -0.39 is 0 Å². The summed E-state index contributed by atoms with van der Waals surface area (Å²) in [6.45, 7) is 0.548. The van der Waals surface area contributed by atoms with E-state index in [9.17, 15) is 0 Å². The van der Waals surface area contributed by atoms with E-state index in [2.05, 4.69) is 20.1 Å². The second kappa shape index (κ2) is 6.07. The van der Waals surface area contributed by atoms with E-state index in [0.717, 1.165) is 11.4 Å². The Morgan fingerprint density at radius 1 is 1.29 bits per heavy atom. The highest BCUT2D eigenvalue weighted by Gasteiger charge is 2.16. The largest absolute Gasteiger partial charge is 0.332 e. The van der Waals surface area contributed by atoms with Gasteiger partial charge in [0.15, 0.2) is 0 Å². The lowest BCUT2D eigenvalue weighted by molar-refractivity contribution is 0.431. The molecule has 0 fully saturated rings. The normalized spacial score (nSPS) is 11.0. The van der Waals surface area contributed by atoms with E-state index in [1.807, 2.05) is 5.38 Å². The summed E-state index contributed by atoms with van der Waals surface area (Å²) in [5.74, 6) is 0.609. The topological polar surface area (TPSA) is 90.7 Å². The van der Waals surface area contributed by atoms with Crippen molar-refractivity contribution in [1.29, 1.82) is 0 Å². The van der Waals surface area contributed by atoms with E-state index in [1.165, 1.54) is 17.5 Å². The summed E-state index contributed by atoms with van der Waals surface area (Å²) < 4.78 is 5.20. The first-order chi connectivity index (χ1) is 10.2. The zero-order valence-corrected chi connectivity index (χ0v) is 12.9. The van der Waals surface area contributed by atoms with Crippen molar-refractivity contribution in [1.82, 2.24) is 20.1 Å². The van der Waals surface area contributed by atoms with Crippen LogP contribution in [-0.4, -0.2) is 26.7 Å². The maximum atomic E-state index is 6.07. The predicted octanol–water partition coefficient (Wildman–Crippen LogP) is 3.06. The van der Waals surface area contributed by atoms with Crippen LogP contribution in [0.3, 0.4) is 0 Å². The van der Waals surface area contributed by atoms with Gasteiger partial charge < -0.3 is 10.3 Å². The molecule has 3 aromatic heterocycles. The average Bonchev–Trinajstić information content (AvgIpc) is 3.08. The Kier molecular flexibility index (Phi) is 4.16. The third-order valence-corrected chi connectivity index (χ3v) is 3.98. The molecule has 0 saturated heterocycles. The number of aromatic nitrogens is 4. The van der Waals surface area contributed by atoms with Gasteiger partial charge in [-0.25, -0.2) is 9.97 Å². The minimum atomic E-state index is 0.292. The van der Waals surface area contributed by atoms with Crippen LogP contribution in [0.4, 0.5) is 0 Å². The molecule has 0 aliphatic rings. The number of halogens is 2. The summed E-state index contributed by atoms with van der Waals surface area (Å²) in [6.07, 6.45) is 2.19. The molecular formula is C12H9Cl2N5OS. The number of thiazole rings is 1. The molecule has 0 bridgehead atoms. The van der Waals surface area contributed by atoms with Gasteiger partial charge in [-0.1, -0.05) is 28.4 Å². The van der Waals surface area contributed by atoms with Crippen LogP contribution in [0.1, 0.15) is 5.01 Å². The Labute approximate surface area is 133 Å². The maximum Gasteiger partial charge on any atom is 0.277 e. The molecule has 0 spiro atoms. The van der Waals surface area contributed by atoms with Gasteiger partial charge in [-0.2, -0.15) is 4.98 Å². The van der Waals surface area contributed by atoms with E-state index in [0.29, 0.717) is 39.7 Å². The number of rotatable bonds is 4. The van der Waals surface area contributed by atoms with E-state index in [-0.39, 0.29) is 0 Å². The molecule has 0 aromatic carbocycles. The fourth-order valence-electron chi connectivity index (χ4n) is 1.65. The van der Waals surface area contributed by atoms with Gasteiger partial charge in [0.1, 0.15) is 11.4 Å². The summed E-state index contributed by atoms with van der Waals surface area (Å²) in [4.78, 5) is 12.7. The Morgan fingerprint density at radius 3 is 2.90 bits per heavy atom. The number of pyridine rings is 1. The van der Waals surface area contributed by atoms with Gasteiger partial charge in [0.2, 0.25) is 5.82 Å². The number of hydrogen-bond acceptors (Lipinski definition) is 7. The lowest BCUT2D eigenvalue weighted by atomic mass is 10.3. The summed E-state index contributed by atoms with van der Waals surface area (Å²) in [6, 6.07) is 1.57. The van der Waals surface area contributed by atoms with Crippen molar-refractivity contribution in [3.63, 3.8) is 0 Å². The first kappa shape index (κ1) is 14.4. The maximum absolute atomic E-state index is 6.07. The van der Waals surface area contributed by atoms with Gasteiger partial charge in [-0.3, -0.25) is 0 Å². The van der Waals surface area contributed by atoms with E-state index in [1.54, 1.807) is 6.07 Å². The number of nitrogens with zero attached hydrogens (tertiary/aromatic N) is 4. The molecule has 3 aromatic rings. The fourth-order valence-corrected chi connectivity index (χ4v) is 2.90. The zero-order valence-electron chi connectivity index (χ0n) is 10.6. The van der Waals surface area contributed by atoms with Crippen molar-refractivity contribution in [2.24, 2.45) is 5.73 Å². The third-order valence-electron chi connectivity index (χ3n) is 2.57. The quantitative estimate of drug-likeness (QED) is 0.784. The van der Waals surface area contributed by atoms with Crippen LogP contribution in [0.2, 0.25) is 10.0 Å². The standard InChI is InChI=1S/C12H9Cl2N5OS/c13-6-3-7(14)10(16-4-6)11-18-12(20-19-11)8-5-21-9(17-8)1-2-15/h3-5H,1-2,15H2. The molecule has 0 aliphatic carbocycles. The molecule has 2 N–H and O–H groups in total. The molecule has 9 heteroatoms. The first-order valence-corrected chi connectivity index (χ1v) is 7.61. The molecule has 0 unspecified atom stereocenters. The highest BCUT2D eigenvalue weighted by Crippen LogP contribution is 2.28. The van der Waals surface area contributed by atoms with Crippen LogP contribution in [0, 0.1) is 0 Å². The molecule has 0 amide bonds. The number of nitrogens with two attached hydrogens (primary N) is 1. The highest BCUT2D eigenvalue weighted by molar-refractivity contribution is 7.09. The highest BCUT2D eigenvalue weighted by atomic mass is 35.5. The van der Waals surface area contributed by atoms with Gasteiger partial charge in [-0.05, 0) is 12.6 Å². The van der Waals surface area contributed by atoms with Crippen LogP contribution in [-0.2, 0) is 6.42 Å². The first-order valence-electron chi connectivity index (χ1n) is 5.97. The minimum Gasteiger partial charge on any atom is -0.332 e. The monoisotopic (exact) mass is 341 g/mol. The van der Waals surface area contributed by atoms with Crippen molar-refractivity contribution in [3.8, 4) is 23.1 Å². The van der Waals surface area contributed by atoms with Gasteiger partial charge in [0.25, 0.3) is 5.89 Å². The summed E-state index contributed by atoms with van der Waals surface area (Å²) >= 11 is 13.4. The summed E-state index contributed by atoms with van der Waals surface area (Å²) in [5.41, 5.74) is 6.53. The molecule has 0 saturated carbocycles. The van der Waals surface area contributed by atoms with Gasteiger partial charge in [0, 0.05) is 18.0 Å². The molecule has 108 valence electrons. The lowest BCUT2D eigenvalue weighted by Crippen LogP contribution is -2.01. The fraction of sp³-hybridized carbons (Fsp3) is 0.167. The molecule has 0 aliphatic heterocycles. The van der Waals surface area contributed by atoms with Gasteiger partial charge >= 0.3 is 0 Å². The Balaban J connectivity index is 1.91. The van der Waals surface area contributed by atoms with Crippen molar-refractivity contribution in [2.75, 3.05) is 6.54 Å². The summed E-state index contributed by atoms with van der Waals surface area (Å²) in [5, 5.41) is 7.45. The van der Waals surface area contributed by atoms with Crippen LogP contribution < -0.4 is 5.73 Å². The average molecular weight is 342 g/mol. The molecule has 3 heterocycles. The second-order valence-corrected chi connectivity index (χ2v) is 5.86. The van der Waals surface area contributed by atoms with Crippen molar-refractivity contribution in [3.05, 3.63) is 32.7 Å². The Morgan fingerprint density at radius 2 is 2.14 bits per heavy atom. The van der Waals surface area contributed by atoms with E-state index >= 15 is 0 Å². The Hall–Kier alpha value is -1.54. The lowest BCUT2D eigenvalue weighted by Gasteiger charge is -1.97. The van der Waals surface area contributed by atoms with Crippen LogP contribution in [0.5, 0.6) is 0 Å². The summed E-state index contributed by atoms with van der Waals surface area (Å²) in [7, 11) is 0. The molecule has 0 atom stereocenters. The van der Waals surface area contributed by atoms with Crippen molar-refractivity contribution >= 4 is 34.5 Å². The second-order valence-electron chi connectivity index (χ2n) is 4.07. The van der Waals surface area contributed by atoms with Crippen molar-refractivity contribution in [2.45, 2.75) is 6.42 Å². The van der Waals surface area contributed by atoms with Gasteiger partial charge in [-0.15, -0.1) is 11.3 Å². The molecular weight excluding hydrogens is 333 g/mol. The van der Waals surface area contributed by atoms with E-state index in [4.69, 9.17) is 33.5 Å². The molecule has 21 heavy (non-hydrogen) atoms.